The molecule has 7 heteroatoms. The number of nitrogens with zero attached hydrogens (tertiary/aromatic N) is 2. The van der Waals surface area contributed by atoms with E-state index < -0.39 is 0 Å². The standard InChI is InChI=1S/C23H19ClFN3O2/c24-20-11-19(28-6-4-15-9-18(25)1-2-21(15)28)10-16-13-27(7-8-30-23(16)20)14-17-12-26-5-3-22(17)29/h1-6,9-12H,7-8,13-14H2,(H,26,29). The molecule has 0 atom stereocenters. The summed E-state index contributed by atoms with van der Waals surface area (Å²) in [5, 5.41) is 1.35. The van der Waals surface area contributed by atoms with Crippen molar-refractivity contribution in [2.45, 2.75) is 13.1 Å². The predicted octanol–water partition coefficient (Wildman–Crippen LogP) is 4.51. The van der Waals surface area contributed by atoms with Crippen molar-refractivity contribution in [2.24, 2.45) is 0 Å². The smallest absolute Gasteiger partial charge is 0.186 e. The van der Waals surface area contributed by atoms with Gasteiger partial charge >= 0.3 is 0 Å². The van der Waals surface area contributed by atoms with Crippen LogP contribution >= 0.6 is 11.6 Å². The molecule has 0 saturated carbocycles. The van der Waals surface area contributed by atoms with Crippen molar-refractivity contribution >= 4 is 22.5 Å². The van der Waals surface area contributed by atoms with Crippen molar-refractivity contribution in [3.63, 3.8) is 0 Å². The minimum Gasteiger partial charge on any atom is -0.490 e. The van der Waals surface area contributed by atoms with Crippen LogP contribution in [0.2, 0.25) is 5.02 Å². The Morgan fingerprint density at radius 1 is 1.17 bits per heavy atom. The summed E-state index contributed by atoms with van der Waals surface area (Å²) in [5.41, 5.74) is 3.45. The Labute approximate surface area is 177 Å². The molecule has 4 aromatic rings. The summed E-state index contributed by atoms with van der Waals surface area (Å²) in [4.78, 5) is 17.2. The normalized spacial score (nSPS) is 14.3. The lowest BCUT2D eigenvalue weighted by Crippen LogP contribution is -2.27. The summed E-state index contributed by atoms with van der Waals surface area (Å²) >= 11 is 6.57. The number of nitrogens with one attached hydrogen (secondary N) is 1. The van der Waals surface area contributed by atoms with Gasteiger partial charge in [-0.3, -0.25) is 9.69 Å². The molecule has 30 heavy (non-hydrogen) atoms. The van der Waals surface area contributed by atoms with E-state index in [1.165, 1.54) is 18.2 Å². The largest absolute Gasteiger partial charge is 0.490 e. The van der Waals surface area contributed by atoms with E-state index in [1.54, 1.807) is 18.5 Å². The first-order valence-electron chi connectivity index (χ1n) is 9.69. The number of benzene rings is 2. The number of fused-ring (bicyclic) bond motifs is 2. The van der Waals surface area contributed by atoms with Crippen LogP contribution in [0.25, 0.3) is 16.6 Å². The van der Waals surface area contributed by atoms with Gasteiger partial charge in [0.25, 0.3) is 0 Å². The van der Waals surface area contributed by atoms with Crippen molar-refractivity contribution < 1.29 is 9.13 Å². The second-order valence-electron chi connectivity index (χ2n) is 7.40. The highest BCUT2D eigenvalue weighted by Gasteiger charge is 2.20. The Balaban J connectivity index is 1.52. The summed E-state index contributed by atoms with van der Waals surface area (Å²) in [6.45, 7) is 2.29. The Morgan fingerprint density at radius 2 is 2.07 bits per heavy atom. The molecule has 0 radical (unpaired) electrons. The molecular formula is C23H19ClFN3O2. The molecule has 0 amide bonds. The Morgan fingerprint density at radius 3 is 2.93 bits per heavy atom. The maximum atomic E-state index is 13.6. The van der Waals surface area contributed by atoms with Gasteiger partial charge in [-0.25, -0.2) is 4.39 Å². The van der Waals surface area contributed by atoms with Crippen molar-refractivity contribution in [2.75, 3.05) is 13.2 Å². The Bertz CT molecular complexity index is 1300. The topological polar surface area (TPSA) is 50.3 Å². The molecular weight excluding hydrogens is 405 g/mol. The summed E-state index contributed by atoms with van der Waals surface area (Å²) in [5.74, 6) is 0.410. The summed E-state index contributed by atoms with van der Waals surface area (Å²) in [7, 11) is 0. The Kier molecular flexibility index (Phi) is 4.81. The van der Waals surface area contributed by atoms with Crippen LogP contribution in [0.5, 0.6) is 5.75 Å². The number of pyridine rings is 1. The first kappa shape index (κ1) is 18.9. The number of aromatic nitrogens is 2. The second kappa shape index (κ2) is 7.63. The molecule has 0 spiro atoms. The van der Waals surface area contributed by atoms with E-state index in [2.05, 4.69) is 9.88 Å². The van der Waals surface area contributed by atoms with Crippen molar-refractivity contribution in [1.29, 1.82) is 0 Å². The molecule has 0 unspecified atom stereocenters. The monoisotopic (exact) mass is 423 g/mol. The van der Waals surface area contributed by atoms with Crippen LogP contribution in [-0.2, 0) is 13.1 Å². The van der Waals surface area contributed by atoms with Crippen molar-refractivity contribution in [1.82, 2.24) is 14.5 Å². The van der Waals surface area contributed by atoms with E-state index >= 15 is 0 Å². The van der Waals surface area contributed by atoms with E-state index in [0.29, 0.717) is 42.6 Å². The molecule has 2 aromatic carbocycles. The van der Waals surface area contributed by atoms with Crippen LogP contribution < -0.4 is 10.2 Å². The lowest BCUT2D eigenvalue weighted by atomic mass is 10.1. The fourth-order valence-corrected chi connectivity index (χ4v) is 4.23. The molecule has 1 aliphatic rings. The molecule has 0 bridgehead atoms. The van der Waals surface area contributed by atoms with Crippen LogP contribution in [0, 0.1) is 5.82 Å². The average Bonchev–Trinajstić information content (AvgIpc) is 3.02. The predicted molar refractivity (Wildman–Crippen MR) is 115 cm³/mol. The van der Waals surface area contributed by atoms with Gasteiger partial charge in [-0.15, -0.1) is 0 Å². The SMILES string of the molecule is O=c1cc[nH]cc1CN1CCOc2c(Cl)cc(-n3ccc4cc(F)ccc43)cc2C1. The zero-order valence-electron chi connectivity index (χ0n) is 16.1. The molecule has 1 N–H and O–H groups in total. The van der Waals surface area contributed by atoms with Gasteiger partial charge in [0.15, 0.2) is 5.43 Å². The summed E-state index contributed by atoms with van der Waals surface area (Å²) < 4.78 is 21.5. The maximum absolute atomic E-state index is 13.6. The second-order valence-corrected chi connectivity index (χ2v) is 7.80. The lowest BCUT2D eigenvalue weighted by Gasteiger charge is -2.19. The number of ether oxygens (including phenoxy) is 1. The third-order valence-corrected chi connectivity index (χ3v) is 5.66. The molecule has 5 nitrogen and oxygen atoms in total. The average molecular weight is 424 g/mol. The van der Waals surface area contributed by atoms with Gasteiger partial charge in [0, 0.05) is 66.5 Å². The third-order valence-electron chi connectivity index (χ3n) is 5.38. The molecule has 152 valence electrons. The Hall–Kier alpha value is -3.09. The van der Waals surface area contributed by atoms with E-state index in [0.717, 1.165) is 22.2 Å². The lowest BCUT2D eigenvalue weighted by molar-refractivity contribution is 0.219. The van der Waals surface area contributed by atoms with Gasteiger partial charge in [-0.1, -0.05) is 11.6 Å². The maximum Gasteiger partial charge on any atom is 0.186 e. The van der Waals surface area contributed by atoms with Gasteiger partial charge in [-0.05, 0) is 36.4 Å². The van der Waals surface area contributed by atoms with Gasteiger partial charge in [0.1, 0.15) is 18.2 Å². The van der Waals surface area contributed by atoms with Crippen LogP contribution in [-0.4, -0.2) is 27.6 Å². The highest BCUT2D eigenvalue weighted by Crippen LogP contribution is 2.35. The van der Waals surface area contributed by atoms with Crippen LogP contribution in [0.15, 0.2) is 65.8 Å². The minimum atomic E-state index is -0.264. The molecule has 1 aliphatic heterocycles. The minimum absolute atomic E-state index is 0.0111. The van der Waals surface area contributed by atoms with Crippen LogP contribution in [0.1, 0.15) is 11.1 Å². The molecule has 0 aliphatic carbocycles. The van der Waals surface area contributed by atoms with Gasteiger partial charge < -0.3 is 14.3 Å². The molecule has 0 fully saturated rings. The molecule has 2 aromatic heterocycles. The van der Waals surface area contributed by atoms with Crippen LogP contribution in [0.3, 0.4) is 0 Å². The number of H-pyrrole nitrogens is 1. The summed E-state index contributed by atoms with van der Waals surface area (Å²) in [6.07, 6.45) is 5.27. The quantitative estimate of drug-likeness (QED) is 0.527. The number of hydrogen-bond donors (Lipinski definition) is 1. The van der Waals surface area contributed by atoms with Gasteiger partial charge in [-0.2, -0.15) is 0 Å². The molecule has 5 rings (SSSR count). The third kappa shape index (κ3) is 3.49. The zero-order chi connectivity index (χ0) is 20.7. The highest BCUT2D eigenvalue weighted by atomic mass is 35.5. The van der Waals surface area contributed by atoms with E-state index in [-0.39, 0.29) is 11.2 Å². The van der Waals surface area contributed by atoms with E-state index in [4.69, 9.17) is 16.3 Å². The highest BCUT2D eigenvalue weighted by molar-refractivity contribution is 6.32. The molecule has 3 heterocycles. The number of aromatic amines is 1. The van der Waals surface area contributed by atoms with Crippen molar-refractivity contribution in [3.8, 4) is 11.4 Å². The van der Waals surface area contributed by atoms with Gasteiger partial charge in [0.05, 0.1) is 10.5 Å². The van der Waals surface area contributed by atoms with Crippen molar-refractivity contribution in [3.05, 3.63) is 93.2 Å². The van der Waals surface area contributed by atoms with Crippen LogP contribution in [0.4, 0.5) is 4.39 Å². The first-order valence-corrected chi connectivity index (χ1v) is 10.1. The zero-order valence-corrected chi connectivity index (χ0v) is 16.8. The number of halogens is 2. The number of rotatable bonds is 3. The van der Waals surface area contributed by atoms with E-state index in [1.807, 2.05) is 29.0 Å². The summed E-state index contributed by atoms with van der Waals surface area (Å²) in [6, 6.07) is 12.0. The first-order chi connectivity index (χ1) is 14.6. The molecule has 0 saturated heterocycles. The fraction of sp³-hybridized carbons (Fsp3) is 0.174. The fourth-order valence-electron chi connectivity index (χ4n) is 3.94. The number of hydrogen-bond acceptors (Lipinski definition) is 3. The van der Waals surface area contributed by atoms with E-state index in [9.17, 15) is 9.18 Å². The van der Waals surface area contributed by atoms with Gasteiger partial charge in [0.2, 0.25) is 0 Å².